The lowest BCUT2D eigenvalue weighted by Gasteiger charge is -2.20. The van der Waals surface area contributed by atoms with Crippen LogP contribution in [0.25, 0.3) is 0 Å². The van der Waals surface area contributed by atoms with E-state index in [0.717, 1.165) is 5.56 Å². The summed E-state index contributed by atoms with van der Waals surface area (Å²) in [7, 11) is 0. The molecule has 0 aliphatic heterocycles. The Labute approximate surface area is 94.9 Å². The Hall–Kier alpha value is -1.49. The molecule has 1 amide bonds. The van der Waals surface area contributed by atoms with Crippen molar-refractivity contribution in [1.82, 2.24) is 5.32 Å². The van der Waals surface area contributed by atoms with Crippen molar-refractivity contribution in [3.63, 3.8) is 0 Å². The highest BCUT2D eigenvalue weighted by atomic mass is 16.6. The molecule has 0 aliphatic rings. The summed E-state index contributed by atoms with van der Waals surface area (Å²) < 4.78 is 9.98. The van der Waals surface area contributed by atoms with Crippen LogP contribution in [0.3, 0.4) is 0 Å². The van der Waals surface area contributed by atoms with Crippen molar-refractivity contribution in [3.05, 3.63) is 24.2 Å². The van der Waals surface area contributed by atoms with Crippen LogP contribution in [-0.4, -0.2) is 18.2 Å². The van der Waals surface area contributed by atoms with Crippen molar-refractivity contribution in [2.45, 2.75) is 32.4 Å². The maximum absolute atomic E-state index is 11.3. The second-order valence-electron chi connectivity index (χ2n) is 4.55. The second kappa shape index (κ2) is 5.03. The molecule has 0 radical (unpaired) electrons. The molecular formula is C11H18N2O3. The first-order chi connectivity index (χ1) is 7.38. The predicted molar refractivity (Wildman–Crippen MR) is 59.9 cm³/mol. The van der Waals surface area contributed by atoms with Gasteiger partial charge in [-0.3, -0.25) is 0 Å². The molecule has 1 aromatic rings. The lowest BCUT2D eigenvalue weighted by atomic mass is 10.2. The molecule has 3 N–H and O–H groups in total. The monoisotopic (exact) mass is 226 g/mol. The molecule has 90 valence electrons. The molecule has 16 heavy (non-hydrogen) atoms. The zero-order chi connectivity index (χ0) is 12.2. The van der Waals surface area contributed by atoms with Crippen molar-refractivity contribution >= 4 is 6.09 Å². The van der Waals surface area contributed by atoms with Gasteiger partial charge in [-0.25, -0.2) is 4.79 Å². The molecule has 5 heteroatoms. The van der Waals surface area contributed by atoms with Crippen molar-refractivity contribution in [1.29, 1.82) is 0 Å². The summed E-state index contributed by atoms with van der Waals surface area (Å²) in [5, 5.41) is 2.60. The number of amides is 1. The zero-order valence-electron chi connectivity index (χ0n) is 9.82. The van der Waals surface area contributed by atoms with Gasteiger partial charge in [-0.2, -0.15) is 0 Å². The first kappa shape index (κ1) is 12.6. The molecular weight excluding hydrogens is 208 g/mol. The van der Waals surface area contributed by atoms with Crippen molar-refractivity contribution in [3.8, 4) is 0 Å². The van der Waals surface area contributed by atoms with E-state index in [4.69, 9.17) is 14.9 Å². The Morgan fingerprint density at radius 3 is 2.81 bits per heavy atom. The maximum atomic E-state index is 11.3. The van der Waals surface area contributed by atoms with E-state index in [1.807, 2.05) is 20.8 Å². The molecule has 5 nitrogen and oxygen atoms in total. The number of nitrogens with two attached hydrogens (primary N) is 1. The molecule has 0 bridgehead atoms. The number of carbonyl (C=O) groups excluding carboxylic acids is 1. The minimum atomic E-state index is -0.496. The summed E-state index contributed by atoms with van der Waals surface area (Å²) >= 11 is 0. The molecule has 1 unspecified atom stereocenters. The Morgan fingerprint density at radius 2 is 2.31 bits per heavy atom. The quantitative estimate of drug-likeness (QED) is 0.823. The summed E-state index contributed by atoms with van der Waals surface area (Å²) in [4.78, 5) is 11.3. The van der Waals surface area contributed by atoms with E-state index in [1.165, 1.54) is 0 Å². The summed E-state index contributed by atoms with van der Waals surface area (Å²) in [5.74, 6) is 0. The largest absolute Gasteiger partial charge is 0.472 e. The topological polar surface area (TPSA) is 77.5 Å². The minimum absolute atomic E-state index is 0.286. The highest BCUT2D eigenvalue weighted by Crippen LogP contribution is 2.10. The number of carbonyl (C=O) groups is 1. The second-order valence-corrected chi connectivity index (χ2v) is 4.55. The minimum Gasteiger partial charge on any atom is -0.472 e. The number of rotatable bonds is 3. The highest BCUT2D eigenvalue weighted by Gasteiger charge is 2.17. The van der Waals surface area contributed by atoms with E-state index in [0.29, 0.717) is 6.54 Å². The Kier molecular flexibility index (Phi) is 3.95. The van der Waals surface area contributed by atoms with Crippen LogP contribution in [0, 0.1) is 0 Å². The van der Waals surface area contributed by atoms with Gasteiger partial charge in [0.05, 0.1) is 18.6 Å². The van der Waals surface area contributed by atoms with E-state index in [-0.39, 0.29) is 6.04 Å². The van der Waals surface area contributed by atoms with Crippen LogP contribution < -0.4 is 11.1 Å². The average Bonchev–Trinajstić information content (AvgIpc) is 2.64. The van der Waals surface area contributed by atoms with E-state index < -0.39 is 11.7 Å². The molecule has 1 heterocycles. The molecule has 1 atom stereocenters. The number of furan rings is 1. The van der Waals surface area contributed by atoms with Crippen LogP contribution in [0.5, 0.6) is 0 Å². The molecule has 0 aromatic carbocycles. The predicted octanol–water partition coefficient (Wildman–Crippen LogP) is 1.80. The fourth-order valence-corrected chi connectivity index (χ4v) is 1.11. The standard InChI is InChI=1S/C11H18N2O3/c1-11(2,3)16-10(14)13-6-9(12)8-4-5-15-7-8/h4-5,7,9H,6,12H2,1-3H3,(H,13,14). The Balaban J connectivity index is 2.32. The molecule has 0 saturated carbocycles. The zero-order valence-corrected chi connectivity index (χ0v) is 9.82. The summed E-state index contributed by atoms with van der Waals surface area (Å²) in [6, 6.07) is 1.48. The fourth-order valence-electron chi connectivity index (χ4n) is 1.11. The smallest absolute Gasteiger partial charge is 0.407 e. The van der Waals surface area contributed by atoms with Crippen LogP contribution in [0.2, 0.25) is 0 Å². The first-order valence-corrected chi connectivity index (χ1v) is 5.13. The van der Waals surface area contributed by atoms with Gasteiger partial charge in [0.2, 0.25) is 0 Å². The molecule has 0 spiro atoms. The third-order valence-electron chi connectivity index (χ3n) is 1.84. The van der Waals surface area contributed by atoms with Gasteiger partial charge in [0.25, 0.3) is 0 Å². The van der Waals surface area contributed by atoms with Gasteiger partial charge in [-0.15, -0.1) is 0 Å². The lowest BCUT2D eigenvalue weighted by Crippen LogP contribution is -2.36. The molecule has 1 aromatic heterocycles. The van der Waals surface area contributed by atoms with E-state index in [9.17, 15) is 4.79 Å². The molecule has 0 saturated heterocycles. The van der Waals surface area contributed by atoms with Gasteiger partial charge in [0.15, 0.2) is 0 Å². The van der Waals surface area contributed by atoms with E-state index in [2.05, 4.69) is 5.32 Å². The number of hydrogen-bond acceptors (Lipinski definition) is 4. The molecule has 1 rings (SSSR count). The normalized spacial score (nSPS) is 13.2. The van der Waals surface area contributed by atoms with Gasteiger partial charge < -0.3 is 20.2 Å². The number of nitrogens with one attached hydrogen (secondary N) is 1. The maximum Gasteiger partial charge on any atom is 0.407 e. The van der Waals surface area contributed by atoms with Crippen LogP contribution >= 0.6 is 0 Å². The van der Waals surface area contributed by atoms with Gasteiger partial charge >= 0.3 is 6.09 Å². The van der Waals surface area contributed by atoms with Crippen molar-refractivity contribution < 1.29 is 13.9 Å². The average molecular weight is 226 g/mol. The van der Waals surface area contributed by atoms with Gasteiger partial charge in [0.1, 0.15) is 5.60 Å². The summed E-state index contributed by atoms with van der Waals surface area (Å²) in [5.41, 5.74) is 6.17. The Bertz CT molecular complexity index is 327. The number of alkyl carbamates (subject to hydrolysis) is 1. The lowest BCUT2D eigenvalue weighted by molar-refractivity contribution is 0.0524. The molecule has 0 fully saturated rings. The first-order valence-electron chi connectivity index (χ1n) is 5.13. The number of ether oxygens (including phenoxy) is 1. The Morgan fingerprint density at radius 1 is 1.62 bits per heavy atom. The van der Waals surface area contributed by atoms with Crippen molar-refractivity contribution in [2.75, 3.05) is 6.54 Å². The van der Waals surface area contributed by atoms with Gasteiger partial charge in [-0.1, -0.05) is 0 Å². The highest BCUT2D eigenvalue weighted by molar-refractivity contribution is 5.67. The van der Waals surface area contributed by atoms with Gasteiger partial charge in [-0.05, 0) is 26.8 Å². The van der Waals surface area contributed by atoms with Crippen LogP contribution in [-0.2, 0) is 4.74 Å². The third-order valence-corrected chi connectivity index (χ3v) is 1.84. The SMILES string of the molecule is CC(C)(C)OC(=O)NCC(N)c1ccoc1. The van der Waals surface area contributed by atoms with Crippen LogP contribution in [0.1, 0.15) is 32.4 Å². The van der Waals surface area contributed by atoms with E-state index in [1.54, 1.807) is 18.6 Å². The number of hydrogen-bond donors (Lipinski definition) is 2. The fraction of sp³-hybridized carbons (Fsp3) is 0.545. The molecule has 0 aliphatic carbocycles. The summed E-state index contributed by atoms with van der Waals surface area (Å²) in [6.45, 7) is 5.74. The van der Waals surface area contributed by atoms with Crippen molar-refractivity contribution in [2.24, 2.45) is 5.73 Å². The summed E-state index contributed by atoms with van der Waals surface area (Å²) in [6.07, 6.45) is 2.64. The third kappa shape index (κ3) is 4.35. The van der Waals surface area contributed by atoms with E-state index >= 15 is 0 Å². The van der Waals surface area contributed by atoms with Gasteiger partial charge in [0, 0.05) is 12.1 Å². The van der Waals surface area contributed by atoms with Crippen LogP contribution in [0.4, 0.5) is 4.79 Å². The van der Waals surface area contributed by atoms with Crippen LogP contribution in [0.15, 0.2) is 23.0 Å².